The van der Waals surface area contributed by atoms with Crippen LogP contribution in [0.2, 0.25) is 0 Å². The van der Waals surface area contributed by atoms with Crippen LogP contribution in [0.4, 0.5) is 4.79 Å². The van der Waals surface area contributed by atoms with Crippen LogP contribution >= 0.6 is 0 Å². The molecule has 5 heteroatoms. The molecule has 0 bridgehead atoms. The Labute approximate surface area is 106 Å². The molecule has 5 nitrogen and oxygen atoms in total. The number of benzene rings is 1. The third-order valence-electron chi connectivity index (χ3n) is 2.33. The smallest absolute Gasteiger partial charge is 0.407 e. The van der Waals surface area contributed by atoms with Gasteiger partial charge in [-0.1, -0.05) is 30.3 Å². The first-order chi connectivity index (χ1) is 8.67. The number of hydrogen-bond donors (Lipinski definition) is 1. The predicted octanol–water partition coefficient (Wildman–Crippen LogP) is 1.52. The number of nitrogens with one attached hydrogen (secondary N) is 1. The van der Waals surface area contributed by atoms with Crippen LogP contribution in [0.15, 0.2) is 30.3 Å². The van der Waals surface area contributed by atoms with Crippen LogP contribution in [0.25, 0.3) is 0 Å². The Morgan fingerprint density at radius 1 is 1.28 bits per heavy atom. The van der Waals surface area contributed by atoms with Gasteiger partial charge in [-0.2, -0.15) is 0 Å². The highest BCUT2D eigenvalue weighted by atomic mass is 16.5. The van der Waals surface area contributed by atoms with Crippen molar-refractivity contribution in [2.75, 3.05) is 13.7 Å². The first-order valence-electron chi connectivity index (χ1n) is 5.72. The Balaban J connectivity index is 2.71. The lowest BCUT2D eigenvalue weighted by atomic mass is 10.1. The fourth-order valence-corrected chi connectivity index (χ4v) is 1.49. The molecule has 0 heterocycles. The average Bonchev–Trinajstić information content (AvgIpc) is 2.39. The number of amides is 1. The average molecular weight is 251 g/mol. The lowest BCUT2D eigenvalue weighted by molar-refractivity contribution is -0.145. The summed E-state index contributed by atoms with van der Waals surface area (Å²) in [5.41, 5.74) is 0.937. The summed E-state index contributed by atoms with van der Waals surface area (Å²) < 4.78 is 9.40. The quantitative estimate of drug-likeness (QED) is 0.806. The Kier molecular flexibility index (Phi) is 5.70. The number of carbonyl (C=O) groups excluding carboxylic acids is 2. The van der Waals surface area contributed by atoms with Crippen molar-refractivity contribution in [3.05, 3.63) is 35.9 Å². The predicted molar refractivity (Wildman–Crippen MR) is 66.1 cm³/mol. The molecule has 0 saturated heterocycles. The van der Waals surface area contributed by atoms with Gasteiger partial charge >= 0.3 is 12.1 Å². The van der Waals surface area contributed by atoms with E-state index in [1.165, 1.54) is 7.11 Å². The molecule has 98 valence electrons. The molecule has 1 atom stereocenters. The van der Waals surface area contributed by atoms with Crippen LogP contribution in [0.3, 0.4) is 0 Å². The molecule has 0 aliphatic carbocycles. The van der Waals surface area contributed by atoms with Crippen molar-refractivity contribution in [3.63, 3.8) is 0 Å². The first-order valence-corrected chi connectivity index (χ1v) is 5.72. The van der Waals surface area contributed by atoms with Crippen molar-refractivity contribution < 1.29 is 19.1 Å². The molecule has 0 radical (unpaired) electrons. The van der Waals surface area contributed by atoms with Gasteiger partial charge in [-0.3, -0.25) is 0 Å². The minimum atomic E-state index is -0.736. The molecule has 1 aromatic rings. The van der Waals surface area contributed by atoms with E-state index in [0.717, 1.165) is 5.56 Å². The summed E-state index contributed by atoms with van der Waals surface area (Å²) in [6, 6.07) is 8.65. The van der Waals surface area contributed by atoms with E-state index < -0.39 is 18.1 Å². The van der Waals surface area contributed by atoms with E-state index in [1.807, 2.05) is 30.3 Å². The molecule has 1 N–H and O–H groups in total. The summed E-state index contributed by atoms with van der Waals surface area (Å²) in [6.07, 6.45) is -0.279. The zero-order chi connectivity index (χ0) is 13.4. The van der Waals surface area contributed by atoms with E-state index in [9.17, 15) is 9.59 Å². The van der Waals surface area contributed by atoms with E-state index in [2.05, 4.69) is 10.1 Å². The van der Waals surface area contributed by atoms with Crippen molar-refractivity contribution in [2.45, 2.75) is 19.4 Å². The van der Waals surface area contributed by atoms with Crippen LogP contribution in [0.5, 0.6) is 0 Å². The Morgan fingerprint density at radius 3 is 2.50 bits per heavy atom. The van der Waals surface area contributed by atoms with Crippen LogP contribution in [-0.2, 0) is 20.7 Å². The standard InChI is InChI=1S/C13H17NO4/c1-3-18-12(15)11(14-13(16)17-2)9-10-7-5-4-6-8-10/h4-8,11H,3,9H2,1-2H3,(H,14,16)/t11-/m0/s1. The van der Waals surface area contributed by atoms with Gasteiger partial charge in [-0.15, -0.1) is 0 Å². The second-order valence-electron chi connectivity index (χ2n) is 3.63. The Hall–Kier alpha value is -2.04. The number of rotatable bonds is 5. The minimum Gasteiger partial charge on any atom is -0.464 e. The third-order valence-corrected chi connectivity index (χ3v) is 2.33. The molecular formula is C13H17NO4. The summed E-state index contributed by atoms with van der Waals surface area (Å²) in [5, 5.41) is 2.46. The summed E-state index contributed by atoms with van der Waals surface area (Å²) >= 11 is 0. The lowest BCUT2D eigenvalue weighted by Gasteiger charge is -2.16. The van der Waals surface area contributed by atoms with Crippen molar-refractivity contribution >= 4 is 12.1 Å². The molecule has 0 saturated carbocycles. The maximum atomic E-state index is 11.7. The molecule has 1 aromatic carbocycles. The van der Waals surface area contributed by atoms with Gasteiger partial charge in [0.2, 0.25) is 0 Å². The summed E-state index contributed by atoms with van der Waals surface area (Å²) in [5.74, 6) is -0.466. The lowest BCUT2D eigenvalue weighted by Crippen LogP contribution is -2.43. The van der Waals surface area contributed by atoms with Gasteiger partial charge in [0.25, 0.3) is 0 Å². The molecule has 1 amide bonds. The molecule has 0 unspecified atom stereocenters. The SMILES string of the molecule is CCOC(=O)[C@H](Cc1ccccc1)NC(=O)OC. The van der Waals surface area contributed by atoms with Gasteiger partial charge in [0.05, 0.1) is 13.7 Å². The number of carbonyl (C=O) groups is 2. The largest absolute Gasteiger partial charge is 0.464 e. The van der Waals surface area contributed by atoms with E-state index in [0.29, 0.717) is 6.42 Å². The van der Waals surface area contributed by atoms with Crippen LogP contribution < -0.4 is 5.32 Å². The van der Waals surface area contributed by atoms with Gasteiger partial charge in [-0.25, -0.2) is 9.59 Å². The van der Waals surface area contributed by atoms with E-state index in [1.54, 1.807) is 6.92 Å². The summed E-state index contributed by atoms with van der Waals surface area (Å²) in [7, 11) is 1.25. The monoisotopic (exact) mass is 251 g/mol. The van der Waals surface area contributed by atoms with Crippen LogP contribution in [0.1, 0.15) is 12.5 Å². The van der Waals surface area contributed by atoms with E-state index in [-0.39, 0.29) is 6.61 Å². The number of methoxy groups -OCH3 is 1. The highest BCUT2D eigenvalue weighted by molar-refractivity contribution is 5.81. The van der Waals surface area contributed by atoms with E-state index in [4.69, 9.17) is 4.74 Å². The molecule has 1 rings (SSSR count). The molecular weight excluding hydrogens is 234 g/mol. The topological polar surface area (TPSA) is 64.6 Å². The number of hydrogen-bond acceptors (Lipinski definition) is 4. The fourth-order valence-electron chi connectivity index (χ4n) is 1.49. The van der Waals surface area contributed by atoms with Crippen molar-refractivity contribution in [3.8, 4) is 0 Å². The first kappa shape index (κ1) is 14.0. The summed E-state index contributed by atoms with van der Waals surface area (Å²) in [4.78, 5) is 22.9. The highest BCUT2D eigenvalue weighted by Gasteiger charge is 2.22. The molecule has 0 fully saturated rings. The fraction of sp³-hybridized carbons (Fsp3) is 0.385. The normalized spacial score (nSPS) is 11.4. The molecule has 18 heavy (non-hydrogen) atoms. The molecule has 0 spiro atoms. The van der Waals surface area contributed by atoms with Crippen LogP contribution in [0, 0.1) is 0 Å². The van der Waals surface area contributed by atoms with Crippen molar-refractivity contribution in [1.29, 1.82) is 0 Å². The third kappa shape index (κ3) is 4.45. The van der Waals surface area contributed by atoms with Gasteiger partial charge in [0.15, 0.2) is 0 Å². The molecule has 0 aliphatic rings. The Bertz CT molecular complexity index is 391. The maximum Gasteiger partial charge on any atom is 0.407 e. The zero-order valence-corrected chi connectivity index (χ0v) is 10.5. The van der Waals surface area contributed by atoms with Gasteiger partial charge in [0.1, 0.15) is 6.04 Å². The summed E-state index contributed by atoms with van der Waals surface area (Å²) in [6.45, 7) is 1.99. The number of alkyl carbamates (subject to hydrolysis) is 1. The second kappa shape index (κ2) is 7.32. The van der Waals surface area contributed by atoms with Crippen molar-refractivity contribution in [2.24, 2.45) is 0 Å². The minimum absolute atomic E-state index is 0.271. The van der Waals surface area contributed by atoms with Gasteiger partial charge in [0, 0.05) is 6.42 Å². The van der Waals surface area contributed by atoms with Gasteiger partial charge < -0.3 is 14.8 Å². The Morgan fingerprint density at radius 2 is 1.94 bits per heavy atom. The highest BCUT2D eigenvalue weighted by Crippen LogP contribution is 2.05. The molecule has 0 aliphatic heterocycles. The van der Waals surface area contributed by atoms with Crippen LogP contribution in [-0.4, -0.2) is 31.8 Å². The zero-order valence-electron chi connectivity index (χ0n) is 10.5. The molecule has 0 aromatic heterocycles. The number of esters is 1. The second-order valence-corrected chi connectivity index (χ2v) is 3.63. The number of ether oxygens (including phenoxy) is 2. The maximum absolute atomic E-state index is 11.7. The van der Waals surface area contributed by atoms with Gasteiger partial charge in [-0.05, 0) is 12.5 Å². The van der Waals surface area contributed by atoms with E-state index >= 15 is 0 Å². The van der Waals surface area contributed by atoms with Crippen molar-refractivity contribution in [1.82, 2.24) is 5.32 Å².